The molecule has 0 spiro atoms. The zero-order chi connectivity index (χ0) is 10.2. The van der Waals surface area contributed by atoms with Crippen LogP contribution in [-0.4, -0.2) is 43.2 Å². The molecule has 2 fully saturated rings. The van der Waals surface area contributed by atoms with Gasteiger partial charge in [0.25, 0.3) is 0 Å². The van der Waals surface area contributed by atoms with Crippen LogP contribution in [0.25, 0.3) is 0 Å². The number of nitrogens with zero attached hydrogens (tertiary/aromatic N) is 1. The summed E-state index contributed by atoms with van der Waals surface area (Å²) in [5.41, 5.74) is 0.479. The summed E-state index contributed by atoms with van der Waals surface area (Å²) in [6.45, 7) is 7.95. The molecule has 2 rings (SSSR count). The van der Waals surface area contributed by atoms with Crippen LogP contribution in [0, 0.1) is 5.41 Å². The first-order valence-electron chi connectivity index (χ1n) is 5.36. The predicted molar refractivity (Wildman–Crippen MR) is 55.2 cm³/mol. The molecule has 14 heavy (non-hydrogen) atoms. The van der Waals surface area contributed by atoms with Crippen LogP contribution in [0.4, 0.5) is 4.79 Å². The van der Waals surface area contributed by atoms with Crippen LogP contribution < -0.4 is 10.6 Å². The van der Waals surface area contributed by atoms with E-state index in [0.717, 1.165) is 26.2 Å². The van der Waals surface area contributed by atoms with E-state index in [1.54, 1.807) is 0 Å². The minimum absolute atomic E-state index is 0.0851. The summed E-state index contributed by atoms with van der Waals surface area (Å²) in [5.74, 6) is 0. The first-order chi connectivity index (χ1) is 6.59. The number of nitrogens with one attached hydrogen (secondary N) is 2. The van der Waals surface area contributed by atoms with E-state index >= 15 is 0 Å². The van der Waals surface area contributed by atoms with Gasteiger partial charge in [-0.05, 0) is 11.8 Å². The Balaban J connectivity index is 1.62. The van der Waals surface area contributed by atoms with Crippen molar-refractivity contribution in [3.63, 3.8) is 0 Å². The molecule has 1 atom stereocenters. The van der Waals surface area contributed by atoms with Gasteiger partial charge in [0.05, 0.1) is 0 Å². The number of carbonyl (C=O) groups excluding carboxylic acids is 1. The monoisotopic (exact) mass is 197 g/mol. The number of rotatable bonds is 4. The number of hydrogen-bond acceptors (Lipinski definition) is 2. The van der Waals surface area contributed by atoms with Crippen molar-refractivity contribution in [2.75, 3.05) is 26.2 Å². The van der Waals surface area contributed by atoms with Crippen LogP contribution in [0.1, 0.15) is 20.3 Å². The topological polar surface area (TPSA) is 44.4 Å². The molecule has 1 saturated heterocycles. The second kappa shape index (κ2) is 3.42. The van der Waals surface area contributed by atoms with E-state index in [4.69, 9.17) is 0 Å². The fourth-order valence-corrected chi connectivity index (χ4v) is 1.91. The molecule has 2 aliphatic rings. The van der Waals surface area contributed by atoms with Crippen LogP contribution in [-0.2, 0) is 0 Å². The minimum Gasteiger partial charge on any atom is -0.336 e. The van der Waals surface area contributed by atoms with Gasteiger partial charge in [-0.25, -0.2) is 4.79 Å². The van der Waals surface area contributed by atoms with Crippen molar-refractivity contribution in [3.8, 4) is 0 Å². The van der Waals surface area contributed by atoms with Crippen molar-refractivity contribution >= 4 is 6.03 Å². The Kier molecular flexibility index (Phi) is 2.39. The maximum atomic E-state index is 11.2. The lowest BCUT2D eigenvalue weighted by atomic mass is 10.2. The summed E-state index contributed by atoms with van der Waals surface area (Å²) in [6.07, 6.45) is 1.26. The lowest BCUT2D eigenvalue weighted by Crippen LogP contribution is -2.36. The molecule has 1 saturated carbocycles. The Morgan fingerprint density at radius 1 is 1.64 bits per heavy atom. The number of carbonyl (C=O) groups is 1. The van der Waals surface area contributed by atoms with Gasteiger partial charge in [-0.2, -0.15) is 0 Å². The molecule has 2 N–H and O–H groups in total. The molecule has 1 aliphatic carbocycles. The SMILES string of the molecule is CC1(C)CC1NCCN1CCNC1=O. The Bertz CT molecular complexity index is 240. The highest BCUT2D eigenvalue weighted by Crippen LogP contribution is 2.44. The van der Waals surface area contributed by atoms with Crippen LogP contribution in [0.5, 0.6) is 0 Å². The first-order valence-corrected chi connectivity index (χ1v) is 5.36. The second-order valence-electron chi connectivity index (χ2n) is 4.92. The average molecular weight is 197 g/mol. The molecule has 0 aromatic rings. The lowest BCUT2D eigenvalue weighted by molar-refractivity contribution is 0.217. The van der Waals surface area contributed by atoms with Gasteiger partial charge in [0.15, 0.2) is 0 Å². The molecule has 80 valence electrons. The van der Waals surface area contributed by atoms with E-state index in [2.05, 4.69) is 24.5 Å². The van der Waals surface area contributed by atoms with Gasteiger partial charge in [-0.15, -0.1) is 0 Å². The van der Waals surface area contributed by atoms with E-state index < -0.39 is 0 Å². The quantitative estimate of drug-likeness (QED) is 0.685. The minimum atomic E-state index is 0.0851. The molecule has 0 bridgehead atoms. The van der Waals surface area contributed by atoms with E-state index in [1.165, 1.54) is 6.42 Å². The highest BCUT2D eigenvalue weighted by Gasteiger charge is 2.44. The van der Waals surface area contributed by atoms with Crippen molar-refractivity contribution in [3.05, 3.63) is 0 Å². The van der Waals surface area contributed by atoms with Crippen molar-refractivity contribution in [2.24, 2.45) is 5.41 Å². The summed E-state index contributed by atoms with van der Waals surface area (Å²) in [4.78, 5) is 13.0. The van der Waals surface area contributed by atoms with Crippen molar-refractivity contribution in [2.45, 2.75) is 26.3 Å². The molecule has 0 aromatic heterocycles. The lowest BCUT2D eigenvalue weighted by Gasteiger charge is -2.14. The fourth-order valence-electron chi connectivity index (χ4n) is 1.91. The predicted octanol–water partition coefficient (Wildman–Crippen LogP) is 0.400. The fraction of sp³-hybridized carbons (Fsp3) is 0.900. The summed E-state index contributed by atoms with van der Waals surface area (Å²) in [6, 6.07) is 0.745. The molecule has 0 radical (unpaired) electrons. The maximum Gasteiger partial charge on any atom is 0.317 e. The summed E-state index contributed by atoms with van der Waals surface area (Å²) in [5, 5.41) is 6.27. The van der Waals surface area contributed by atoms with E-state index in [-0.39, 0.29) is 6.03 Å². The molecular weight excluding hydrogens is 178 g/mol. The average Bonchev–Trinajstić information content (AvgIpc) is 2.53. The second-order valence-corrected chi connectivity index (χ2v) is 4.92. The van der Waals surface area contributed by atoms with Crippen LogP contribution in [0.3, 0.4) is 0 Å². The third kappa shape index (κ3) is 2.00. The largest absolute Gasteiger partial charge is 0.336 e. The third-order valence-electron chi connectivity index (χ3n) is 3.23. The molecular formula is C10H19N3O. The van der Waals surface area contributed by atoms with Crippen LogP contribution >= 0.6 is 0 Å². The Morgan fingerprint density at radius 3 is 2.86 bits per heavy atom. The molecule has 1 heterocycles. The molecule has 1 aliphatic heterocycles. The Labute approximate surface area is 85.0 Å². The van der Waals surface area contributed by atoms with Crippen LogP contribution in [0.2, 0.25) is 0 Å². The standard InChI is InChI=1S/C10H19N3O/c1-10(2)7-8(10)11-3-5-13-6-4-12-9(13)14/h8,11H,3-7H2,1-2H3,(H,12,14). The summed E-state index contributed by atoms with van der Waals surface area (Å²) < 4.78 is 0. The highest BCUT2D eigenvalue weighted by molar-refractivity contribution is 5.76. The zero-order valence-corrected chi connectivity index (χ0v) is 8.97. The Morgan fingerprint density at radius 2 is 2.36 bits per heavy atom. The number of hydrogen-bond donors (Lipinski definition) is 2. The smallest absolute Gasteiger partial charge is 0.317 e. The molecule has 0 aromatic carbocycles. The van der Waals surface area contributed by atoms with E-state index in [9.17, 15) is 4.79 Å². The summed E-state index contributed by atoms with van der Waals surface area (Å²) >= 11 is 0. The van der Waals surface area contributed by atoms with E-state index in [1.807, 2.05) is 4.90 Å². The van der Waals surface area contributed by atoms with Crippen molar-refractivity contribution < 1.29 is 4.79 Å². The van der Waals surface area contributed by atoms with Gasteiger partial charge >= 0.3 is 6.03 Å². The third-order valence-corrected chi connectivity index (χ3v) is 3.23. The van der Waals surface area contributed by atoms with Gasteiger partial charge in [0, 0.05) is 32.2 Å². The van der Waals surface area contributed by atoms with Gasteiger partial charge in [-0.3, -0.25) is 0 Å². The number of urea groups is 1. The van der Waals surface area contributed by atoms with Gasteiger partial charge < -0.3 is 15.5 Å². The number of amides is 2. The van der Waals surface area contributed by atoms with Gasteiger partial charge in [0.2, 0.25) is 0 Å². The van der Waals surface area contributed by atoms with Crippen molar-refractivity contribution in [1.82, 2.24) is 15.5 Å². The molecule has 1 unspecified atom stereocenters. The zero-order valence-electron chi connectivity index (χ0n) is 8.97. The first kappa shape index (κ1) is 9.77. The van der Waals surface area contributed by atoms with E-state index in [0.29, 0.717) is 11.5 Å². The van der Waals surface area contributed by atoms with Gasteiger partial charge in [-0.1, -0.05) is 13.8 Å². The summed E-state index contributed by atoms with van der Waals surface area (Å²) in [7, 11) is 0. The van der Waals surface area contributed by atoms with Crippen molar-refractivity contribution in [1.29, 1.82) is 0 Å². The van der Waals surface area contributed by atoms with Crippen LogP contribution in [0.15, 0.2) is 0 Å². The molecule has 4 heteroatoms. The maximum absolute atomic E-state index is 11.2. The van der Waals surface area contributed by atoms with Gasteiger partial charge in [0.1, 0.15) is 0 Å². The molecule has 2 amide bonds. The normalized spacial score (nSPS) is 29.1. The Hall–Kier alpha value is -0.770. The highest BCUT2D eigenvalue weighted by atomic mass is 16.2. The molecule has 4 nitrogen and oxygen atoms in total.